The van der Waals surface area contributed by atoms with Gasteiger partial charge in [0, 0.05) is 7.14 Å². The Bertz CT molecular complexity index is 582. The summed E-state index contributed by atoms with van der Waals surface area (Å²) >= 11 is 4.34. The SMILES string of the molecule is C[C@H](OC(=O)c1cc(I)ccc1I)c1ccccc1. The van der Waals surface area contributed by atoms with Crippen molar-refractivity contribution in [2.45, 2.75) is 13.0 Å². The second-order valence-corrected chi connectivity index (χ2v) is 6.49. The maximum absolute atomic E-state index is 12.2. The molecule has 98 valence electrons. The van der Waals surface area contributed by atoms with E-state index in [1.54, 1.807) is 0 Å². The zero-order valence-electron chi connectivity index (χ0n) is 10.3. The predicted octanol–water partition coefficient (Wildman–Crippen LogP) is 4.81. The molecular weight excluding hydrogens is 466 g/mol. The minimum absolute atomic E-state index is 0.248. The van der Waals surface area contributed by atoms with Gasteiger partial charge < -0.3 is 4.74 Å². The average Bonchev–Trinajstić information content (AvgIpc) is 2.42. The van der Waals surface area contributed by atoms with Crippen molar-refractivity contribution in [2.24, 2.45) is 0 Å². The lowest BCUT2D eigenvalue weighted by molar-refractivity contribution is 0.0336. The van der Waals surface area contributed by atoms with Gasteiger partial charge in [0.1, 0.15) is 6.10 Å². The Morgan fingerprint density at radius 3 is 2.47 bits per heavy atom. The summed E-state index contributed by atoms with van der Waals surface area (Å²) in [5, 5.41) is 0. The van der Waals surface area contributed by atoms with Gasteiger partial charge in [0.05, 0.1) is 5.56 Å². The molecule has 0 fully saturated rings. The van der Waals surface area contributed by atoms with E-state index < -0.39 is 0 Å². The first-order chi connectivity index (χ1) is 9.08. The number of hydrogen-bond donors (Lipinski definition) is 0. The topological polar surface area (TPSA) is 26.3 Å². The first kappa shape index (κ1) is 14.8. The lowest BCUT2D eigenvalue weighted by Crippen LogP contribution is -2.10. The fourth-order valence-corrected chi connectivity index (χ4v) is 2.72. The Morgan fingerprint density at radius 1 is 1.11 bits per heavy atom. The molecule has 2 nitrogen and oxygen atoms in total. The lowest BCUT2D eigenvalue weighted by Gasteiger charge is -2.14. The van der Waals surface area contributed by atoms with E-state index in [-0.39, 0.29) is 12.1 Å². The summed E-state index contributed by atoms with van der Waals surface area (Å²) < 4.78 is 7.44. The van der Waals surface area contributed by atoms with Crippen molar-refractivity contribution in [1.82, 2.24) is 0 Å². The number of benzene rings is 2. The fraction of sp³-hybridized carbons (Fsp3) is 0.133. The van der Waals surface area contributed by atoms with Crippen LogP contribution in [0.2, 0.25) is 0 Å². The maximum atomic E-state index is 12.2. The van der Waals surface area contributed by atoms with Gasteiger partial charge in [-0.05, 0) is 75.9 Å². The number of rotatable bonds is 3. The summed E-state index contributed by atoms with van der Waals surface area (Å²) in [4.78, 5) is 12.2. The Hall–Kier alpha value is -0.630. The third-order valence-electron chi connectivity index (χ3n) is 2.70. The first-order valence-corrected chi connectivity index (χ1v) is 7.94. The van der Waals surface area contributed by atoms with E-state index in [1.165, 1.54) is 0 Å². The van der Waals surface area contributed by atoms with Crippen molar-refractivity contribution in [3.8, 4) is 0 Å². The van der Waals surface area contributed by atoms with Gasteiger partial charge in [0.25, 0.3) is 0 Å². The summed E-state index contributed by atoms with van der Waals surface area (Å²) in [6.45, 7) is 1.88. The van der Waals surface area contributed by atoms with Crippen molar-refractivity contribution < 1.29 is 9.53 Å². The molecule has 0 unspecified atom stereocenters. The molecule has 0 radical (unpaired) electrons. The Balaban J connectivity index is 2.15. The minimum atomic E-state index is -0.278. The average molecular weight is 478 g/mol. The third kappa shape index (κ3) is 3.92. The molecule has 4 heteroatoms. The number of esters is 1. The maximum Gasteiger partial charge on any atom is 0.339 e. The molecule has 19 heavy (non-hydrogen) atoms. The summed E-state index contributed by atoms with van der Waals surface area (Å²) in [5.41, 5.74) is 1.62. The van der Waals surface area contributed by atoms with Crippen LogP contribution in [0, 0.1) is 7.14 Å². The standard InChI is InChI=1S/C15H12I2O2/c1-10(11-5-3-2-4-6-11)19-15(18)13-9-12(16)7-8-14(13)17/h2-10H,1H3/t10-/m0/s1. The molecule has 0 aliphatic carbocycles. The van der Waals surface area contributed by atoms with Gasteiger partial charge in [0.15, 0.2) is 0 Å². The van der Waals surface area contributed by atoms with Gasteiger partial charge in [-0.25, -0.2) is 4.79 Å². The zero-order chi connectivity index (χ0) is 13.8. The molecule has 2 aromatic carbocycles. The molecule has 2 aromatic rings. The monoisotopic (exact) mass is 478 g/mol. The molecule has 0 aliphatic heterocycles. The Labute approximate surface area is 139 Å². The fourth-order valence-electron chi connectivity index (χ4n) is 1.67. The highest BCUT2D eigenvalue weighted by atomic mass is 127. The van der Waals surface area contributed by atoms with E-state index in [2.05, 4.69) is 45.2 Å². The van der Waals surface area contributed by atoms with Crippen LogP contribution in [0.1, 0.15) is 28.9 Å². The van der Waals surface area contributed by atoms with E-state index in [9.17, 15) is 4.79 Å². The first-order valence-electron chi connectivity index (χ1n) is 5.79. The molecule has 0 saturated carbocycles. The summed E-state index contributed by atoms with van der Waals surface area (Å²) in [6.07, 6.45) is -0.248. The molecule has 0 bridgehead atoms. The molecular formula is C15H12I2O2. The van der Waals surface area contributed by atoms with E-state index >= 15 is 0 Å². The molecule has 2 rings (SSSR count). The molecule has 0 amide bonds. The van der Waals surface area contributed by atoms with Crippen molar-refractivity contribution in [1.29, 1.82) is 0 Å². The van der Waals surface area contributed by atoms with Crippen LogP contribution < -0.4 is 0 Å². The number of carbonyl (C=O) groups is 1. The van der Waals surface area contributed by atoms with E-state index in [1.807, 2.05) is 55.5 Å². The van der Waals surface area contributed by atoms with Gasteiger partial charge in [0.2, 0.25) is 0 Å². The molecule has 0 heterocycles. The second-order valence-electron chi connectivity index (χ2n) is 4.08. The van der Waals surface area contributed by atoms with Crippen molar-refractivity contribution in [2.75, 3.05) is 0 Å². The predicted molar refractivity (Wildman–Crippen MR) is 92.1 cm³/mol. The van der Waals surface area contributed by atoms with E-state index in [4.69, 9.17) is 4.74 Å². The quantitative estimate of drug-likeness (QED) is 0.468. The van der Waals surface area contributed by atoms with Crippen LogP contribution >= 0.6 is 45.2 Å². The Morgan fingerprint density at radius 2 is 1.79 bits per heavy atom. The number of carbonyl (C=O) groups excluding carboxylic acids is 1. The number of ether oxygens (including phenoxy) is 1. The van der Waals surface area contributed by atoms with Crippen molar-refractivity contribution >= 4 is 51.2 Å². The van der Waals surface area contributed by atoms with Gasteiger partial charge >= 0.3 is 5.97 Å². The normalized spacial score (nSPS) is 11.9. The van der Waals surface area contributed by atoms with Crippen LogP contribution in [0.25, 0.3) is 0 Å². The Kier molecular flexibility index (Phi) is 5.20. The van der Waals surface area contributed by atoms with Gasteiger partial charge in [-0.15, -0.1) is 0 Å². The van der Waals surface area contributed by atoms with Crippen LogP contribution in [0.4, 0.5) is 0 Å². The second kappa shape index (κ2) is 6.69. The van der Waals surface area contributed by atoms with Crippen LogP contribution in [0.15, 0.2) is 48.5 Å². The molecule has 0 aliphatic rings. The number of halogens is 2. The van der Waals surface area contributed by atoms with Gasteiger partial charge in [-0.2, -0.15) is 0 Å². The molecule has 0 N–H and O–H groups in total. The largest absolute Gasteiger partial charge is 0.454 e. The highest BCUT2D eigenvalue weighted by Gasteiger charge is 2.16. The van der Waals surface area contributed by atoms with Crippen LogP contribution in [-0.4, -0.2) is 5.97 Å². The third-order valence-corrected chi connectivity index (χ3v) is 4.31. The summed E-state index contributed by atoms with van der Waals surface area (Å²) in [5.74, 6) is -0.278. The zero-order valence-corrected chi connectivity index (χ0v) is 14.6. The van der Waals surface area contributed by atoms with Crippen molar-refractivity contribution in [3.05, 3.63) is 66.8 Å². The summed E-state index contributed by atoms with van der Waals surface area (Å²) in [7, 11) is 0. The molecule has 0 spiro atoms. The smallest absolute Gasteiger partial charge is 0.339 e. The lowest BCUT2D eigenvalue weighted by atomic mass is 10.1. The highest BCUT2D eigenvalue weighted by molar-refractivity contribution is 14.1. The summed E-state index contributed by atoms with van der Waals surface area (Å²) in [6, 6.07) is 15.5. The van der Waals surface area contributed by atoms with Crippen molar-refractivity contribution in [3.63, 3.8) is 0 Å². The highest BCUT2D eigenvalue weighted by Crippen LogP contribution is 2.21. The van der Waals surface area contributed by atoms with Crippen LogP contribution in [0.3, 0.4) is 0 Å². The van der Waals surface area contributed by atoms with Gasteiger partial charge in [-0.3, -0.25) is 0 Å². The van der Waals surface area contributed by atoms with Crippen LogP contribution in [-0.2, 0) is 4.74 Å². The molecule has 0 saturated heterocycles. The van der Waals surface area contributed by atoms with E-state index in [0.29, 0.717) is 5.56 Å². The van der Waals surface area contributed by atoms with Crippen LogP contribution in [0.5, 0.6) is 0 Å². The minimum Gasteiger partial charge on any atom is -0.454 e. The molecule has 1 atom stereocenters. The van der Waals surface area contributed by atoms with E-state index in [0.717, 1.165) is 12.7 Å². The molecule has 0 aromatic heterocycles. The van der Waals surface area contributed by atoms with Gasteiger partial charge in [-0.1, -0.05) is 30.3 Å². The number of hydrogen-bond acceptors (Lipinski definition) is 2.